The van der Waals surface area contributed by atoms with Crippen molar-refractivity contribution in [2.75, 3.05) is 10.8 Å². The van der Waals surface area contributed by atoms with Gasteiger partial charge in [0, 0.05) is 23.2 Å². The first kappa shape index (κ1) is 30.5. The molecule has 1 fully saturated rings. The molecular formula is C31H35ClFN3O4S. The van der Waals surface area contributed by atoms with E-state index < -0.39 is 34.3 Å². The molecule has 3 aromatic carbocycles. The Morgan fingerprint density at radius 1 is 1.00 bits per heavy atom. The lowest BCUT2D eigenvalue weighted by molar-refractivity contribution is -0.139. The summed E-state index contributed by atoms with van der Waals surface area (Å²) >= 11 is 6.35. The number of aryl methyl sites for hydroxylation is 1. The molecule has 0 radical (unpaired) electrons. The third kappa shape index (κ3) is 7.45. The first-order chi connectivity index (χ1) is 19.6. The number of carbonyl (C=O) groups is 2. The monoisotopic (exact) mass is 599 g/mol. The number of nitrogens with zero attached hydrogens (tertiary/aromatic N) is 2. The molecule has 10 heteroatoms. The van der Waals surface area contributed by atoms with Crippen LogP contribution in [0.25, 0.3) is 0 Å². The Morgan fingerprint density at radius 2 is 1.66 bits per heavy atom. The predicted molar refractivity (Wildman–Crippen MR) is 159 cm³/mol. The standard InChI is InChI=1S/C31H35ClFN3O4S/c1-22-17-18-26(19-28(22)32)36(41(39,40)27-14-7-4-8-15-27)21-30(37)35(20-24-11-9-10-16-29(24)33)23(2)31(38)34-25-12-5-3-6-13-25/h4,7-11,14-19,23,25H,3,5-6,12-13,20-21H2,1-2H3,(H,34,38)/t23-/m1/s1. The van der Waals surface area contributed by atoms with Crippen molar-refractivity contribution >= 4 is 39.1 Å². The molecule has 3 aromatic rings. The molecule has 2 amide bonds. The SMILES string of the molecule is Cc1ccc(N(CC(=O)N(Cc2ccccc2F)[C@H](C)C(=O)NC2CCCCC2)S(=O)(=O)c2ccccc2)cc1Cl. The summed E-state index contributed by atoms with van der Waals surface area (Å²) in [5, 5.41) is 3.37. The number of benzene rings is 3. The van der Waals surface area contributed by atoms with E-state index in [4.69, 9.17) is 11.6 Å². The number of halogens is 2. The molecule has 1 atom stereocenters. The Balaban J connectivity index is 1.69. The number of amides is 2. The lowest BCUT2D eigenvalue weighted by Crippen LogP contribution is -2.53. The van der Waals surface area contributed by atoms with Crippen LogP contribution < -0.4 is 9.62 Å². The highest BCUT2D eigenvalue weighted by molar-refractivity contribution is 7.92. The molecule has 0 spiro atoms. The zero-order chi connectivity index (χ0) is 29.6. The van der Waals surface area contributed by atoms with E-state index in [1.165, 1.54) is 29.2 Å². The summed E-state index contributed by atoms with van der Waals surface area (Å²) in [4.78, 5) is 28.6. The minimum absolute atomic E-state index is 0.00626. The molecule has 0 aromatic heterocycles. The third-order valence-corrected chi connectivity index (χ3v) is 9.67. The summed E-state index contributed by atoms with van der Waals surface area (Å²) in [6, 6.07) is 17.6. The van der Waals surface area contributed by atoms with Gasteiger partial charge in [0.05, 0.1) is 10.6 Å². The van der Waals surface area contributed by atoms with Gasteiger partial charge in [-0.1, -0.05) is 73.3 Å². The highest BCUT2D eigenvalue weighted by Crippen LogP contribution is 2.29. The first-order valence-corrected chi connectivity index (χ1v) is 15.6. The van der Waals surface area contributed by atoms with Crippen molar-refractivity contribution in [3.63, 3.8) is 0 Å². The Labute approximate surface area is 246 Å². The number of hydrogen-bond donors (Lipinski definition) is 1. The highest BCUT2D eigenvalue weighted by Gasteiger charge is 2.33. The molecule has 0 saturated heterocycles. The molecular weight excluding hydrogens is 565 g/mol. The summed E-state index contributed by atoms with van der Waals surface area (Å²) in [5.74, 6) is -1.54. The molecule has 0 bridgehead atoms. The number of hydrogen-bond acceptors (Lipinski definition) is 4. The van der Waals surface area contributed by atoms with Crippen molar-refractivity contribution in [1.82, 2.24) is 10.2 Å². The van der Waals surface area contributed by atoms with Crippen molar-refractivity contribution in [1.29, 1.82) is 0 Å². The maximum Gasteiger partial charge on any atom is 0.264 e. The van der Waals surface area contributed by atoms with Crippen molar-refractivity contribution in [2.24, 2.45) is 0 Å². The Kier molecular flexibility index (Phi) is 10.0. The van der Waals surface area contributed by atoms with Gasteiger partial charge in [-0.2, -0.15) is 0 Å². The van der Waals surface area contributed by atoms with Crippen LogP contribution in [0.4, 0.5) is 10.1 Å². The van der Waals surface area contributed by atoms with Gasteiger partial charge in [0.2, 0.25) is 11.8 Å². The molecule has 0 aliphatic heterocycles. The lowest BCUT2D eigenvalue weighted by atomic mass is 9.95. The van der Waals surface area contributed by atoms with Gasteiger partial charge < -0.3 is 10.2 Å². The summed E-state index contributed by atoms with van der Waals surface area (Å²) in [6.07, 6.45) is 4.87. The molecule has 0 heterocycles. The Morgan fingerprint density at radius 3 is 2.32 bits per heavy atom. The average molecular weight is 600 g/mol. The third-order valence-electron chi connectivity index (χ3n) is 7.47. The molecule has 4 rings (SSSR count). The predicted octanol–water partition coefficient (Wildman–Crippen LogP) is 5.85. The van der Waals surface area contributed by atoms with Crippen LogP contribution in [0.3, 0.4) is 0 Å². The van der Waals surface area contributed by atoms with Crippen molar-refractivity contribution in [3.8, 4) is 0 Å². The van der Waals surface area contributed by atoms with E-state index in [0.29, 0.717) is 5.02 Å². The van der Waals surface area contributed by atoms with Gasteiger partial charge >= 0.3 is 0 Å². The number of rotatable bonds is 10. The molecule has 41 heavy (non-hydrogen) atoms. The first-order valence-electron chi connectivity index (χ1n) is 13.7. The van der Waals surface area contributed by atoms with Crippen LogP contribution in [0.1, 0.15) is 50.2 Å². The van der Waals surface area contributed by atoms with E-state index >= 15 is 0 Å². The zero-order valence-electron chi connectivity index (χ0n) is 23.2. The van der Waals surface area contributed by atoms with Crippen LogP contribution in [0.5, 0.6) is 0 Å². The fraction of sp³-hybridized carbons (Fsp3) is 0.355. The van der Waals surface area contributed by atoms with Crippen LogP contribution in [0.2, 0.25) is 5.02 Å². The molecule has 1 N–H and O–H groups in total. The fourth-order valence-electron chi connectivity index (χ4n) is 4.95. The second kappa shape index (κ2) is 13.5. The fourth-order valence-corrected chi connectivity index (χ4v) is 6.55. The van der Waals surface area contributed by atoms with Gasteiger partial charge in [-0.25, -0.2) is 12.8 Å². The zero-order valence-corrected chi connectivity index (χ0v) is 24.8. The van der Waals surface area contributed by atoms with E-state index in [2.05, 4.69) is 5.32 Å². The van der Waals surface area contributed by atoms with Crippen molar-refractivity contribution in [2.45, 2.75) is 69.5 Å². The van der Waals surface area contributed by atoms with Crippen LogP contribution in [0.15, 0.2) is 77.7 Å². The molecule has 218 valence electrons. The molecule has 1 saturated carbocycles. The second-order valence-electron chi connectivity index (χ2n) is 10.4. The minimum atomic E-state index is -4.21. The molecule has 1 aliphatic carbocycles. The molecule has 1 aliphatic rings. The van der Waals surface area contributed by atoms with Crippen LogP contribution in [0, 0.1) is 12.7 Å². The number of anilines is 1. The van der Waals surface area contributed by atoms with Crippen LogP contribution in [-0.2, 0) is 26.2 Å². The van der Waals surface area contributed by atoms with E-state index in [1.54, 1.807) is 62.4 Å². The maximum atomic E-state index is 14.7. The summed E-state index contributed by atoms with van der Waals surface area (Å²) in [7, 11) is -4.21. The van der Waals surface area contributed by atoms with Gasteiger partial charge in [0.1, 0.15) is 18.4 Å². The highest BCUT2D eigenvalue weighted by atomic mass is 35.5. The number of carbonyl (C=O) groups excluding carboxylic acids is 2. The Hall–Kier alpha value is -3.43. The minimum Gasteiger partial charge on any atom is -0.352 e. The van der Waals surface area contributed by atoms with Gasteiger partial charge in [0.25, 0.3) is 10.0 Å². The summed E-state index contributed by atoms with van der Waals surface area (Å²) in [6.45, 7) is 2.54. The van der Waals surface area contributed by atoms with Crippen molar-refractivity contribution < 1.29 is 22.4 Å². The van der Waals surface area contributed by atoms with E-state index in [-0.39, 0.29) is 34.6 Å². The topological polar surface area (TPSA) is 86.8 Å². The largest absolute Gasteiger partial charge is 0.352 e. The maximum absolute atomic E-state index is 14.7. The van der Waals surface area contributed by atoms with Gasteiger partial charge in [-0.3, -0.25) is 13.9 Å². The van der Waals surface area contributed by atoms with E-state index in [0.717, 1.165) is 42.0 Å². The van der Waals surface area contributed by atoms with E-state index in [1.807, 2.05) is 0 Å². The quantitative estimate of drug-likeness (QED) is 0.317. The smallest absolute Gasteiger partial charge is 0.264 e. The number of sulfonamides is 1. The summed E-state index contributed by atoms with van der Waals surface area (Å²) in [5.41, 5.74) is 1.16. The van der Waals surface area contributed by atoms with Gasteiger partial charge in [-0.15, -0.1) is 0 Å². The molecule has 7 nitrogen and oxygen atoms in total. The molecule has 0 unspecified atom stereocenters. The average Bonchev–Trinajstić information content (AvgIpc) is 2.97. The summed E-state index contributed by atoms with van der Waals surface area (Å²) < 4.78 is 43.4. The Bertz CT molecular complexity index is 1480. The normalized spacial score (nSPS) is 14.7. The van der Waals surface area contributed by atoms with Crippen LogP contribution >= 0.6 is 11.6 Å². The second-order valence-corrected chi connectivity index (χ2v) is 12.7. The van der Waals surface area contributed by atoms with Crippen LogP contribution in [-0.4, -0.2) is 43.8 Å². The van der Waals surface area contributed by atoms with Gasteiger partial charge in [-0.05, 0) is 62.6 Å². The van der Waals surface area contributed by atoms with Gasteiger partial charge in [0.15, 0.2) is 0 Å². The lowest BCUT2D eigenvalue weighted by Gasteiger charge is -2.33. The van der Waals surface area contributed by atoms with E-state index in [9.17, 15) is 22.4 Å². The van der Waals surface area contributed by atoms with Crippen molar-refractivity contribution in [3.05, 3.63) is 94.8 Å². The number of nitrogens with one attached hydrogen (secondary N) is 1.